The first-order valence-electron chi connectivity index (χ1n) is 9.13. The van der Waals surface area contributed by atoms with Crippen LogP contribution in [-0.2, 0) is 16.0 Å². The summed E-state index contributed by atoms with van der Waals surface area (Å²) >= 11 is 0. The number of hydrogen-bond acceptors (Lipinski definition) is 5. The molecule has 7 nitrogen and oxygen atoms in total. The molecule has 3 rings (SSSR count). The van der Waals surface area contributed by atoms with Crippen LogP contribution in [0.25, 0.3) is 0 Å². The third kappa shape index (κ3) is 4.14. The summed E-state index contributed by atoms with van der Waals surface area (Å²) in [7, 11) is 1.54. The fourth-order valence-corrected chi connectivity index (χ4v) is 4.08. The highest BCUT2D eigenvalue weighted by Gasteiger charge is 2.36. The third-order valence-corrected chi connectivity index (χ3v) is 5.41. The molecule has 2 fully saturated rings. The second-order valence-corrected chi connectivity index (χ2v) is 7.00. The van der Waals surface area contributed by atoms with E-state index in [0.29, 0.717) is 36.4 Å². The molecule has 0 spiro atoms. The number of likely N-dealkylation sites (tertiary alicyclic amines) is 2. The molecule has 2 aliphatic rings. The normalized spacial score (nSPS) is 23.8. The number of nitrogens with zero attached hydrogens (tertiary/aromatic N) is 3. The molecule has 0 N–H and O–H groups in total. The Bertz CT molecular complexity index is 615. The summed E-state index contributed by atoms with van der Waals surface area (Å²) < 4.78 is 10.1. The van der Waals surface area contributed by atoms with Gasteiger partial charge in [0, 0.05) is 51.5 Å². The van der Waals surface area contributed by atoms with E-state index < -0.39 is 0 Å². The lowest BCUT2D eigenvalue weighted by Crippen LogP contribution is -2.53. The van der Waals surface area contributed by atoms with Crippen molar-refractivity contribution in [3.63, 3.8) is 0 Å². The first-order chi connectivity index (χ1) is 12.1. The molecule has 2 saturated heterocycles. The summed E-state index contributed by atoms with van der Waals surface area (Å²) in [5, 5.41) is 3.75. The number of aryl methyl sites for hydroxylation is 1. The lowest BCUT2D eigenvalue weighted by Gasteiger charge is -2.42. The number of rotatable bonds is 4. The Balaban J connectivity index is 1.55. The summed E-state index contributed by atoms with van der Waals surface area (Å²) in [6.45, 7) is 4.00. The van der Waals surface area contributed by atoms with Gasteiger partial charge in [0.2, 0.25) is 11.8 Å². The molecule has 7 heteroatoms. The zero-order valence-electron chi connectivity index (χ0n) is 15.1. The van der Waals surface area contributed by atoms with E-state index in [9.17, 15) is 9.59 Å². The Morgan fingerprint density at radius 3 is 2.88 bits per heavy atom. The molecule has 3 heterocycles. The Morgan fingerprint density at radius 1 is 1.32 bits per heavy atom. The van der Waals surface area contributed by atoms with Crippen molar-refractivity contribution in [2.45, 2.75) is 51.5 Å². The Labute approximate surface area is 148 Å². The van der Waals surface area contributed by atoms with E-state index in [1.807, 2.05) is 9.80 Å². The fraction of sp³-hybridized carbons (Fsp3) is 0.722. The van der Waals surface area contributed by atoms with Crippen molar-refractivity contribution in [2.75, 3.05) is 26.7 Å². The number of methoxy groups -OCH3 is 1. The van der Waals surface area contributed by atoms with Crippen LogP contribution < -0.4 is 4.74 Å². The van der Waals surface area contributed by atoms with Gasteiger partial charge >= 0.3 is 0 Å². The van der Waals surface area contributed by atoms with E-state index in [-0.39, 0.29) is 11.8 Å². The zero-order chi connectivity index (χ0) is 17.8. The minimum absolute atomic E-state index is 0.146. The van der Waals surface area contributed by atoms with Gasteiger partial charge in [0.05, 0.1) is 7.11 Å². The predicted molar refractivity (Wildman–Crippen MR) is 91.1 cm³/mol. The minimum Gasteiger partial charge on any atom is -0.479 e. The number of hydrogen-bond donors (Lipinski definition) is 0. The van der Waals surface area contributed by atoms with Crippen molar-refractivity contribution in [2.24, 2.45) is 5.92 Å². The van der Waals surface area contributed by atoms with Crippen molar-refractivity contribution >= 4 is 11.8 Å². The SMILES string of the molecule is COc1cc(CCC(=O)N2CC[C@@H]3[C@H](CCCCN3C(C)=O)C2)on1. The van der Waals surface area contributed by atoms with Crippen molar-refractivity contribution in [3.05, 3.63) is 11.8 Å². The Hall–Kier alpha value is -2.05. The molecule has 138 valence electrons. The number of carbonyl (C=O) groups is 2. The maximum Gasteiger partial charge on any atom is 0.254 e. The van der Waals surface area contributed by atoms with Crippen molar-refractivity contribution < 1.29 is 18.8 Å². The lowest BCUT2D eigenvalue weighted by atomic mass is 9.88. The van der Waals surface area contributed by atoms with Gasteiger partial charge in [-0.3, -0.25) is 9.59 Å². The largest absolute Gasteiger partial charge is 0.479 e. The van der Waals surface area contributed by atoms with E-state index in [2.05, 4.69) is 5.16 Å². The minimum atomic E-state index is 0.146. The van der Waals surface area contributed by atoms with Crippen LogP contribution in [0.1, 0.15) is 44.8 Å². The van der Waals surface area contributed by atoms with Crippen molar-refractivity contribution in [1.29, 1.82) is 0 Å². The predicted octanol–water partition coefficient (Wildman–Crippen LogP) is 1.87. The maximum atomic E-state index is 12.6. The Morgan fingerprint density at radius 2 is 2.16 bits per heavy atom. The van der Waals surface area contributed by atoms with Gasteiger partial charge in [-0.15, -0.1) is 0 Å². The molecule has 0 radical (unpaired) electrons. The van der Waals surface area contributed by atoms with Gasteiger partial charge in [0.1, 0.15) is 5.76 Å². The van der Waals surface area contributed by atoms with Crippen LogP contribution in [0.15, 0.2) is 10.6 Å². The molecule has 0 saturated carbocycles. The molecule has 0 aromatic carbocycles. The molecule has 2 amide bonds. The number of ether oxygens (including phenoxy) is 1. The van der Waals surface area contributed by atoms with Gasteiger partial charge < -0.3 is 19.1 Å². The highest BCUT2D eigenvalue weighted by Crippen LogP contribution is 2.30. The topological polar surface area (TPSA) is 75.9 Å². The van der Waals surface area contributed by atoms with Crippen LogP contribution in [0.2, 0.25) is 0 Å². The third-order valence-electron chi connectivity index (χ3n) is 5.41. The number of piperidine rings is 1. The van der Waals surface area contributed by atoms with E-state index in [1.54, 1.807) is 13.0 Å². The molecule has 25 heavy (non-hydrogen) atoms. The molecule has 2 aliphatic heterocycles. The van der Waals surface area contributed by atoms with E-state index in [0.717, 1.165) is 45.3 Å². The fourth-order valence-electron chi connectivity index (χ4n) is 4.08. The van der Waals surface area contributed by atoms with Crippen LogP contribution in [0.4, 0.5) is 0 Å². The van der Waals surface area contributed by atoms with Gasteiger partial charge in [-0.2, -0.15) is 0 Å². The molecule has 0 bridgehead atoms. The van der Waals surface area contributed by atoms with Gasteiger partial charge in [-0.05, 0) is 30.3 Å². The van der Waals surface area contributed by atoms with Crippen molar-refractivity contribution in [1.82, 2.24) is 15.0 Å². The number of fused-ring (bicyclic) bond motifs is 1. The number of aromatic nitrogens is 1. The van der Waals surface area contributed by atoms with E-state index in [4.69, 9.17) is 9.26 Å². The highest BCUT2D eigenvalue weighted by molar-refractivity contribution is 5.77. The molecule has 1 aromatic rings. The van der Waals surface area contributed by atoms with E-state index in [1.165, 1.54) is 7.11 Å². The zero-order valence-corrected chi connectivity index (χ0v) is 15.1. The first-order valence-corrected chi connectivity index (χ1v) is 9.13. The molecule has 0 unspecified atom stereocenters. The van der Waals surface area contributed by atoms with Gasteiger partial charge in [0.15, 0.2) is 0 Å². The quantitative estimate of drug-likeness (QED) is 0.829. The smallest absolute Gasteiger partial charge is 0.254 e. The van der Waals surface area contributed by atoms with Crippen LogP contribution in [0.5, 0.6) is 5.88 Å². The Kier molecular flexibility index (Phi) is 5.60. The second kappa shape index (κ2) is 7.89. The molecule has 2 atom stereocenters. The van der Waals surface area contributed by atoms with E-state index >= 15 is 0 Å². The summed E-state index contributed by atoms with van der Waals surface area (Å²) in [4.78, 5) is 28.5. The maximum absolute atomic E-state index is 12.6. The number of carbonyl (C=O) groups excluding carboxylic acids is 2. The van der Waals surface area contributed by atoms with Crippen LogP contribution >= 0.6 is 0 Å². The highest BCUT2D eigenvalue weighted by atomic mass is 16.5. The average molecular weight is 349 g/mol. The monoisotopic (exact) mass is 349 g/mol. The molecular formula is C18H27N3O4. The van der Waals surface area contributed by atoms with Crippen LogP contribution in [0.3, 0.4) is 0 Å². The standard InChI is InChI=1S/C18H27N3O4/c1-13(22)21-9-4-3-5-14-12-20(10-8-16(14)21)18(23)7-6-15-11-17(24-2)19-25-15/h11,14,16H,3-10,12H2,1-2H3/t14-,16-/m1/s1. The van der Waals surface area contributed by atoms with Gasteiger partial charge in [-0.1, -0.05) is 6.42 Å². The van der Waals surface area contributed by atoms with Crippen LogP contribution in [-0.4, -0.2) is 59.6 Å². The summed E-state index contributed by atoms with van der Waals surface area (Å²) in [5.74, 6) is 1.81. The average Bonchev–Trinajstić information content (AvgIpc) is 2.97. The molecule has 0 aliphatic carbocycles. The summed E-state index contributed by atoms with van der Waals surface area (Å²) in [6.07, 6.45) is 5.11. The second-order valence-electron chi connectivity index (χ2n) is 7.00. The summed E-state index contributed by atoms with van der Waals surface area (Å²) in [5.41, 5.74) is 0. The lowest BCUT2D eigenvalue weighted by molar-refractivity contribution is -0.137. The molecular weight excluding hydrogens is 322 g/mol. The number of amides is 2. The first kappa shape index (κ1) is 17.8. The summed E-state index contributed by atoms with van der Waals surface area (Å²) in [6, 6.07) is 2.01. The molecule has 1 aromatic heterocycles. The van der Waals surface area contributed by atoms with Gasteiger partial charge in [-0.25, -0.2) is 0 Å². The van der Waals surface area contributed by atoms with Crippen LogP contribution in [0, 0.1) is 5.92 Å². The van der Waals surface area contributed by atoms with Crippen molar-refractivity contribution in [3.8, 4) is 5.88 Å². The van der Waals surface area contributed by atoms with Gasteiger partial charge in [0.25, 0.3) is 5.88 Å².